The minimum atomic E-state index is -1.23. The number of nitrogens with one attached hydrogen (secondary N) is 1. The molecule has 0 aliphatic carbocycles. The quantitative estimate of drug-likeness (QED) is 0.323. The highest BCUT2D eigenvalue weighted by atomic mass is 79.9. The van der Waals surface area contributed by atoms with Crippen molar-refractivity contribution in [2.24, 2.45) is 5.10 Å². The van der Waals surface area contributed by atoms with Crippen molar-refractivity contribution in [3.63, 3.8) is 0 Å². The number of aryl methyl sites for hydroxylation is 1. The number of hydrogen-bond acceptors (Lipinski definition) is 5. The molecule has 0 spiro atoms. The molecule has 1 heterocycles. The van der Waals surface area contributed by atoms with E-state index in [4.69, 9.17) is 4.74 Å². The van der Waals surface area contributed by atoms with Crippen molar-refractivity contribution in [3.05, 3.63) is 80.6 Å². The normalized spacial score (nSPS) is 10.9. The minimum absolute atomic E-state index is 0.136. The van der Waals surface area contributed by atoms with Crippen molar-refractivity contribution >= 4 is 40.0 Å². The van der Waals surface area contributed by atoms with E-state index in [1.54, 1.807) is 42.7 Å². The molecule has 3 rings (SSSR count). The van der Waals surface area contributed by atoms with Gasteiger partial charge in [0.25, 0.3) is 5.91 Å². The Morgan fingerprint density at radius 1 is 1.03 bits per heavy atom. The van der Waals surface area contributed by atoms with Crippen molar-refractivity contribution in [2.45, 2.75) is 13.8 Å². The van der Waals surface area contributed by atoms with Gasteiger partial charge in [0.1, 0.15) is 5.75 Å². The number of nitrogens with zero attached hydrogens (tertiary/aromatic N) is 2. The molecule has 0 atom stereocenters. The van der Waals surface area contributed by atoms with Crippen LogP contribution in [0.5, 0.6) is 5.75 Å². The number of carboxylic acids is 2. The largest absolute Gasteiger partial charge is 0.496 e. The van der Waals surface area contributed by atoms with E-state index >= 15 is 0 Å². The second-order valence-corrected chi connectivity index (χ2v) is 8.00. The molecule has 1 amide bonds. The molecule has 33 heavy (non-hydrogen) atoms. The topological polar surface area (TPSA) is 130 Å². The molecule has 0 saturated heterocycles. The van der Waals surface area contributed by atoms with Crippen molar-refractivity contribution in [2.75, 3.05) is 7.11 Å². The second-order valence-electron chi connectivity index (χ2n) is 7.08. The van der Waals surface area contributed by atoms with Gasteiger partial charge in [-0.15, -0.1) is 0 Å². The van der Waals surface area contributed by atoms with E-state index < -0.39 is 17.8 Å². The maximum atomic E-state index is 12.5. The molecule has 0 saturated carbocycles. The highest BCUT2D eigenvalue weighted by Gasteiger charge is 2.16. The van der Waals surface area contributed by atoms with Gasteiger partial charge in [0.2, 0.25) is 0 Å². The average Bonchev–Trinajstić information content (AvgIpc) is 3.06. The molecule has 0 aliphatic rings. The SMILES string of the molecule is COc1ccc(Br)cc1C(=O)N/N=C\c1cc(C)n(-c2cc(C(=O)O)cc(C(=O)O)c2)c1C. The number of carbonyl (C=O) groups excluding carboxylic acids is 1. The van der Waals surface area contributed by atoms with Gasteiger partial charge in [0.05, 0.1) is 30.0 Å². The lowest BCUT2D eigenvalue weighted by molar-refractivity contribution is 0.0696. The van der Waals surface area contributed by atoms with E-state index in [2.05, 4.69) is 26.5 Å². The number of carbonyl (C=O) groups is 3. The van der Waals surface area contributed by atoms with Gasteiger partial charge >= 0.3 is 11.9 Å². The summed E-state index contributed by atoms with van der Waals surface area (Å²) in [7, 11) is 1.47. The molecule has 0 radical (unpaired) electrons. The number of methoxy groups -OCH3 is 1. The number of aromatic nitrogens is 1. The van der Waals surface area contributed by atoms with Gasteiger partial charge in [-0.2, -0.15) is 5.10 Å². The third kappa shape index (κ3) is 5.12. The maximum absolute atomic E-state index is 12.5. The summed E-state index contributed by atoms with van der Waals surface area (Å²) in [5, 5.41) is 22.7. The van der Waals surface area contributed by atoms with Crippen LogP contribution in [0.25, 0.3) is 5.69 Å². The monoisotopic (exact) mass is 513 g/mol. The molecule has 1 aromatic heterocycles. The number of ether oxygens (including phenoxy) is 1. The van der Waals surface area contributed by atoms with Gasteiger partial charge in [-0.1, -0.05) is 15.9 Å². The Bertz CT molecular complexity index is 1260. The predicted octanol–water partition coefficient (Wildman–Crippen LogP) is 4.03. The lowest BCUT2D eigenvalue weighted by Crippen LogP contribution is -2.18. The number of halogens is 1. The molecule has 2 aromatic carbocycles. The number of hydrazone groups is 1. The van der Waals surface area contributed by atoms with Crippen molar-refractivity contribution in [1.29, 1.82) is 0 Å². The molecule has 0 fully saturated rings. The molecule has 0 unspecified atom stereocenters. The second kappa shape index (κ2) is 9.70. The molecule has 170 valence electrons. The Hall–Kier alpha value is -3.92. The Morgan fingerprint density at radius 2 is 1.67 bits per heavy atom. The first-order chi connectivity index (χ1) is 15.6. The fourth-order valence-electron chi connectivity index (χ4n) is 3.38. The minimum Gasteiger partial charge on any atom is -0.496 e. The van der Waals surface area contributed by atoms with Gasteiger partial charge < -0.3 is 19.5 Å². The van der Waals surface area contributed by atoms with Gasteiger partial charge in [-0.05, 0) is 56.3 Å². The summed E-state index contributed by atoms with van der Waals surface area (Å²) in [4.78, 5) is 35.4. The van der Waals surface area contributed by atoms with Crippen LogP contribution in [0.4, 0.5) is 0 Å². The zero-order valence-corrected chi connectivity index (χ0v) is 19.5. The number of aromatic carboxylic acids is 2. The third-order valence-corrected chi connectivity index (χ3v) is 5.41. The number of hydrogen-bond donors (Lipinski definition) is 3. The molecule has 10 heteroatoms. The summed E-state index contributed by atoms with van der Waals surface area (Å²) in [6, 6.07) is 10.7. The fourth-order valence-corrected chi connectivity index (χ4v) is 3.74. The molecular weight excluding hydrogens is 494 g/mol. The standard InChI is InChI=1S/C23H20BrN3O6/c1-12-6-16(11-25-26-21(28)19-10-17(24)4-5-20(19)33-3)13(2)27(12)18-8-14(22(29)30)7-15(9-18)23(31)32/h4-11H,1-3H3,(H,26,28)(H,29,30)(H,31,32)/b25-11-. The summed E-state index contributed by atoms with van der Waals surface area (Å²) in [6.07, 6.45) is 1.46. The third-order valence-electron chi connectivity index (χ3n) is 4.92. The molecule has 9 nitrogen and oxygen atoms in total. The fraction of sp³-hybridized carbons (Fsp3) is 0.130. The van der Waals surface area contributed by atoms with Gasteiger partial charge in [0, 0.05) is 27.1 Å². The van der Waals surface area contributed by atoms with Crippen LogP contribution in [-0.2, 0) is 0 Å². The predicted molar refractivity (Wildman–Crippen MR) is 125 cm³/mol. The first-order valence-electron chi connectivity index (χ1n) is 9.60. The van der Waals surface area contributed by atoms with Crippen LogP contribution >= 0.6 is 15.9 Å². The first-order valence-corrected chi connectivity index (χ1v) is 10.4. The lowest BCUT2D eigenvalue weighted by atomic mass is 10.1. The summed E-state index contributed by atoms with van der Waals surface area (Å²) in [6.45, 7) is 3.57. The van der Waals surface area contributed by atoms with Crippen LogP contribution in [0.1, 0.15) is 48.0 Å². The Kier molecular flexibility index (Phi) is 6.98. The van der Waals surface area contributed by atoms with Gasteiger partial charge in [-0.3, -0.25) is 4.79 Å². The molecule has 0 aliphatic heterocycles. The van der Waals surface area contributed by atoms with E-state index in [0.29, 0.717) is 32.7 Å². The van der Waals surface area contributed by atoms with Gasteiger partial charge in [-0.25, -0.2) is 15.0 Å². The van der Waals surface area contributed by atoms with E-state index in [9.17, 15) is 24.6 Å². The van der Waals surface area contributed by atoms with Crippen molar-refractivity contribution in [3.8, 4) is 11.4 Å². The van der Waals surface area contributed by atoms with Crippen molar-refractivity contribution in [1.82, 2.24) is 9.99 Å². The Balaban J connectivity index is 1.91. The first kappa shape index (κ1) is 23.7. The van der Waals surface area contributed by atoms with E-state index in [1.807, 2.05) is 0 Å². The van der Waals surface area contributed by atoms with E-state index in [-0.39, 0.29) is 11.1 Å². The number of rotatable bonds is 7. The highest BCUT2D eigenvalue weighted by molar-refractivity contribution is 9.10. The lowest BCUT2D eigenvalue weighted by Gasteiger charge is -2.12. The summed E-state index contributed by atoms with van der Waals surface area (Å²) in [5.74, 6) is -2.52. The van der Waals surface area contributed by atoms with Crippen LogP contribution in [0.3, 0.4) is 0 Å². The average molecular weight is 514 g/mol. The zero-order valence-electron chi connectivity index (χ0n) is 17.9. The van der Waals surface area contributed by atoms with E-state index in [1.165, 1.54) is 25.5 Å². The number of carboxylic acid groups (broad SMARTS) is 2. The zero-order chi connectivity index (χ0) is 24.3. The van der Waals surface area contributed by atoms with Crippen LogP contribution in [0.2, 0.25) is 0 Å². The smallest absolute Gasteiger partial charge is 0.335 e. The van der Waals surface area contributed by atoms with E-state index in [0.717, 1.165) is 11.8 Å². The highest BCUT2D eigenvalue weighted by Crippen LogP contribution is 2.24. The summed E-state index contributed by atoms with van der Waals surface area (Å²) in [5.41, 5.74) is 4.96. The molecular formula is C23H20BrN3O6. The van der Waals surface area contributed by atoms with Crippen LogP contribution in [-0.4, -0.2) is 46.0 Å². The summed E-state index contributed by atoms with van der Waals surface area (Å²) < 4.78 is 7.64. The number of benzene rings is 2. The molecule has 3 aromatic rings. The molecule has 3 N–H and O–H groups in total. The summed E-state index contributed by atoms with van der Waals surface area (Å²) >= 11 is 3.32. The van der Waals surface area contributed by atoms with Crippen LogP contribution < -0.4 is 10.2 Å². The van der Waals surface area contributed by atoms with Gasteiger partial charge in [0.15, 0.2) is 0 Å². The molecule has 0 bridgehead atoms. The van der Waals surface area contributed by atoms with Crippen LogP contribution in [0.15, 0.2) is 52.0 Å². The Labute approximate surface area is 197 Å². The number of amides is 1. The maximum Gasteiger partial charge on any atom is 0.335 e. The van der Waals surface area contributed by atoms with Crippen molar-refractivity contribution < 1.29 is 29.3 Å². The van der Waals surface area contributed by atoms with Crippen LogP contribution in [0, 0.1) is 13.8 Å². The Morgan fingerprint density at radius 3 is 2.24 bits per heavy atom.